The fourth-order valence-corrected chi connectivity index (χ4v) is 3.81. The zero-order valence-corrected chi connectivity index (χ0v) is 12.9. The van der Waals surface area contributed by atoms with E-state index in [-0.39, 0.29) is 11.9 Å². The van der Waals surface area contributed by atoms with Gasteiger partial charge in [-0.3, -0.25) is 4.98 Å². The van der Waals surface area contributed by atoms with Crippen molar-refractivity contribution in [1.29, 1.82) is 0 Å². The summed E-state index contributed by atoms with van der Waals surface area (Å²) >= 11 is 3.32. The van der Waals surface area contributed by atoms with Crippen LogP contribution in [-0.4, -0.2) is 54.6 Å². The summed E-state index contributed by atoms with van der Waals surface area (Å²) in [6, 6.07) is 5.53. The highest BCUT2D eigenvalue weighted by Crippen LogP contribution is 2.13. The summed E-state index contributed by atoms with van der Waals surface area (Å²) in [4.78, 5) is 4.14. The van der Waals surface area contributed by atoms with Gasteiger partial charge in [0.25, 0.3) is 0 Å². The molecule has 19 heavy (non-hydrogen) atoms. The standard InChI is InChI=1S/C12H17BrN2O3S/c13-9-12-10-15(6-7-18-12)19(16,17)8-4-11-3-1-2-5-14-11/h1-3,5,12H,4,6-10H2. The maximum atomic E-state index is 12.2. The lowest BCUT2D eigenvalue weighted by atomic mass is 10.3. The van der Waals surface area contributed by atoms with Gasteiger partial charge in [0.2, 0.25) is 10.0 Å². The Morgan fingerprint density at radius 3 is 3.00 bits per heavy atom. The van der Waals surface area contributed by atoms with E-state index >= 15 is 0 Å². The number of hydrogen-bond acceptors (Lipinski definition) is 4. The normalized spacial score (nSPS) is 21.4. The topological polar surface area (TPSA) is 59.5 Å². The Kier molecular flexibility index (Phi) is 5.32. The molecule has 0 saturated carbocycles. The Hall–Kier alpha value is -0.500. The van der Waals surface area contributed by atoms with E-state index in [1.165, 1.54) is 4.31 Å². The summed E-state index contributed by atoms with van der Waals surface area (Å²) in [5, 5.41) is 0.652. The number of nitrogens with zero attached hydrogens (tertiary/aromatic N) is 2. The third kappa shape index (κ3) is 4.24. The van der Waals surface area contributed by atoms with Gasteiger partial charge in [0.1, 0.15) is 0 Å². The average Bonchev–Trinajstić information content (AvgIpc) is 2.46. The van der Waals surface area contributed by atoms with Gasteiger partial charge in [0.05, 0.1) is 18.5 Å². The van der Waals surface area contributed by atoms with Crippen LogP contribution >= 0.6 is 15.9 Å². The van der Waals surface area contributed by atoms with Crippen molar-refractivity contribution in [1.82, 2.24) is 9.29 Å². The van der Waals surface area contributed by atoms with E-state index in [1.54, 1.807) is 6.20 Å². The minimum Gasteiger partial charge on any atom is -0.375 e. The number of aromatic nitrogens is 1. The summed E-state index contributed by atoms with van der Waals surface area (Å²) in [5.74, 6) is 0.0962. The number of morpholine rings is 1. The monoisotopic (exact) mass is 348 g/mol. The number of hydrogen-bond donors (Lipinski definition) is 0. The first-order chi connectivity index (χ1) is 9.12. The molecule has 1 aliphatic rings. The molecule has 1 fully saturated rings. The van der Waals surface area contributed by atoms with Crippen LogP contribution in [0, 0.1) is 0 Å². The maximum Gasteiger partial charge on any atom is 0.214 e. The van der Waals surface area contributed by atoms with Crippen molar-refractivity contribution >= 4 is 26.0 Å². The summed E-state index contributed by atoms with van der Waals surface area (Å²) < 4.78 is 31.5. The quantitative estimate of drug-likeness (QED) is 0.746. The smallest absolute Gasteiger partial charge is 0.214 e. The Morgan fingerprint density at radius 2 is 2.32 bits per heavy atom. The van der Waals surface area contributed by atoms with Crippen LogP contribution in [0.1, 0.15) is 5.69 Å². The first-order valence-electron chi connectivity index (χ1n) is 6.17. The van der Waals surface area contributed by atoms with Crippen molar-refractivity contribution in [2.24, 2.45) is 0 Å². The molecule has 1 saturated heterocycles. The van der Waals surface area contributed by atoms with Crippen LogP contribution in [0.2, 0.25) is 0 Å². The number of sulfonamides is 1. The SMILES string of the molecule is O=S(=O)(CCc1ccccn1)N1CCOC(CBr)C1. The van der Waals surface area contributed by atoms with Crippen LogP contribution < -0.4 is 0 Å². The summed E-state index contributed by atoms with van der Waals surface area (Å²) in [7, 11) is -3.23. The van der Waals surface area contributed by atoms with Crippen molar-refractivity contribution in [3.63, 3.8) is 0 Å². The van der Waals surface area contributed by atoms with Crippen LogP contribution in [0.25, 0.3) is 0 Å². The lowest BCUT2D eigenvalue weighted by molar-refractivity contribution is 0.0137. The predicted molar refractivity (Wildman–Crippen MR) is 76.8 cm³/mol. The molecule has 0 N–H and O–H groups in total. The number of pyridine rings is 1. The molecule has 1 aromatic rings. The van der Waals surface area contributed by atoms with Gasteiger partial charge in [-0.2, -0.15) is 4.31 Å². The van der Waals surface area contributed by atoms with Crippen LogP contribution in [0.4, 0.5) is 0 Å². The van der Waals surface area contributed by atoms with Gasteiger partial charge in [0.15, 0.2) is 0 Å². The number of aryl methyl sites for hydroxylation is 1. The number of ether oxygens (including phenoxy) is 1. The highest BCUT2D eigenvalue weighted by atomic mass is 79.9. The molecule has 1 unspecified atom stereocenters. The van der Waals surface area contributed by atoms with Crippen LogP contribution in [-0.2, 0) is 21.2 Å². The third-order valence-electron chi connectivity index (χ3n) is 3.01. The Labute approximate surface area is 122 Å². The molecule has 106 valence electrons. The molecule has 5 nitrogen and oxygen atoms in total. The number of rotatable bonds is 5. The van der Waals surface area contributed by atoms with Gasteiger partial charge in [0, 0.05) is 36.7 Å². The summed E-state index contributed by atoms with van der Waals surface area (Å²) in [5.41, 5.74) is 0.802. The second-order valence-electron chi connectivity index (χ2n) is 4.39. The zero-order chi connectivity index (χ0) is 13.7. The van der Waals surface area contributed by atoms with Gasteiger partial charge < -0.3 is 4.74 Å². The van der Waals surface area contributed by atoms with E-state index in [9.17, 15) is 8.42 Å². The Morgan fingerprint density at radius 1 is 1.47 bits per heavy atom. The molecule has 0 amide bonds. The summed E-state index contributed by atoms with van der Waals surface area (Å²) in [6.07, 6.45) is 2.07. The van der Waals surface area contributed by atoms with Crippen LogP contribution in [0.5, 0.6) is 0 Å². The van der Waals surface area contributed by atoms with Crippen LogP contribution in [0.3, 0.4) is 0 Å². The first-order valence-corrected chi connectivity index (χ1v) is 8.90. The predicted octanol–water partition coefficient (Wildman–Crippen LogP) is 1.05. The fraction of sp³-hybridized carbons (Fsp3) is 0.583. The molecule has 1 atom stereocenters. The Bertz CT molecular complexity index is 495. The molecular formula is C12H17BrN2O3S. The minimum absolute atomic E-state index is 0.0571. The lowest BCUT2D eigenvalue weighted by Crippen LogP contribution is -2.47. The molecule has 0 aromatic carbocycles. The van der Waals surface area contributed by atoms with E-state index < -0.39 is 10.0 Å². The minimum atomic E-state index is -3.23. The molecule has 0 bridgehead atoms. The summed E-state index contributed by atoms with van der Waals surface area (Å²) in [6.45, 7) is 1.32. The number of halogens is 1. The highest BCUT2D eigenvalue weighted by molar-refractivity contribution is 9.09. The van der Waals surface area contributed by atoms with E-state index in [0.717, 1.165) is 5.69 Å². The first kappa shape index (κ1) is 14.9. The fourth-order valence-electron chi connectivity index (χ4n) is 1.95. The maximum absolute atomic E-state index is 12.2. The van der Waals surface area contributed by atoms with Crippen molar-refractivity contribution in [2.45, 2.75) is 12.5 Å². The van der Waals surface area contributed by atoms with Crippen molar-refractivity contribution in [3.05, 3.63) is 30.1 Å². The van der Waals surface area contributed by atoms with E-state index in [1.807, 2.05) is 18.2 Å². The van der Waals surface area contributed by atoms with Crippen molar-refractivity contribution in [3.8, 4) is 0 Å². The van der Waals surface area contributed by atoms with Gasteiger partial charge in [-0.25, -0.2) is 8.42 Å². The molecule has 2 rings (SSSR count). The number of alkyl halides is 1. The molecule has 1 aromatic heterocycles. The highest BCUT2D eigenvalue weighted by Gasteiger charge is 2.28. The molecule has 2 heterocycles. The Balaban J connectivity index is 1.94. The van der Waals surface area contributed by atoms with Gasteiger partial charge in [-0.15, -0.1) is 0 Å². The van der Waals surface area contributed by atoms with Gasteiger partial charge >= 0.3 is 0 Å². The average molecular weight is 349 g/mol. The zero-order valence-electron chi connectivity index (χ0n) is 10.5. The third-order valence-corrected chi connectivity index (χ3v) is 5.57. The molecule has 0 aliphatic carbocycles. The van der Waals surface area contributed by atoms with Gasteiger partial charge in [-0.05, 0) is 12.1 Å². The molecule has 0 radical (unpaired) electrons. The second kappa shape index (κ2) is 6.78. The molecule has 1 aliphatic heterocycles. The lowest BCUT2D eigenvalue weighted by Gasteiger charge is -2.31. The van der Waals surface area contributed by atoms with Crippen molar-refractivity contribution in [2.75, 3.05) is 30.8 Å². The van der Waals surface area contributed by atoms with E-state index in [4.69, 9.17) is 4.74 Å². The van der Waals surface area contributed by atoms with Crippen molar-refractivity contribution < 1.29 is 13.2 Å². The van der Waals surface area contributed by atoms with E-state index in [2.05, 4.69) is 20.9 Å². The molecule has 0 spiro atoms. The van der Waals surface area contributed by atoms with E-state index in [0.29, 0.717) is 31.4 Å². The molecule has 7 heteroatoms. The van der Waals surface area contributed by atoms with Crippen LogP contribution in [0.15, 0.2) is 24.4 Å². The largest absolute Gasteiger partial charge is 0.375 e. The second-order valence-corrected chi connectivity index (χ2v) is 7.13. The van der Waals surface area contributed by atoms with Gasteiger partial charge in [-0.1, -0.05) is 22.0 Å². The molecular weight excluding hydrogens is 332 g/mol.